The van der Waals surface area contributed by atoms with E-state index in [-0.39, 0.29) is 17.3 Å². The van der Waals surface area contributed by atoms with Crippen molar-refractivity contribution in [3.63, 3.8) is 0 Å². The van der Waals surface area contributed by atoms with Crippen LogP contribution in [0.3, 0.4) is 0 Å². The molecule has 0 aromatic heterocycles. The topological polar surface area (TPSA) is 124 Å². The largest absolute Gasteiger partial charge is 0.338 e. The van der Waals surface area contributed by atoms with Crippen molar-refractivity contribution >= 4 is 23.1 Å². The van der Waals surface area contributed by atoms with Crippen molar-refractivity contribution in [1.29, 1.82) is 0 Å². The summed E-state index contributed by atoms with van der Waals surface area (Å²) >= 11 is 0. The first-order valence-electron chi connectivity index (χ1n) is 9.81. The van der Waals surface area contributed by atoms with Gasteiger partial charge in [-0.2, -0.15) is 0 Å². The summed E-state index contributed by atoms with van der Waals surface area (Å²) in [5, 5.41) is 22.0. The molecule has 1 aliphatic rings. The van der Waals surface area contributed by atoms with Crippen molar-refractivity contribution in [1.82, 2.24) is 4.90 Å². The molecule has 3 rings (SSSR count). The Hall–Kier alpha value is -3.76. The van der Waals surface area contributed by atoms with E-state index in [4.69, 9.17) is 9.15 Å². The summed E-state index contributed by atoms with van der Waals surface area (Å²) in [4.78, 5) is 47.0. The molecule has 172 valence electrons. The molecular formula is C21H23F2N3O6. The van der Waals surface area contributed by atoms with E-state index >= 15 is 0 Å². The minimum Gasteiger partial charge on any atom is -0.338 e. The predicted octanol–water partition coefficient (Wildman–Crippen LogP) is 5.10. The summed E-state index contributed by atoms with van der Waals surface area (Å²) in [6.07, 6.45) is 0.921. The van der Waals surface area contributed by atoms with Crippen molar-refractivity contribution < 1.29 is 28.6 Å². The number of amides is 1. The molecule has 0 unspecified atom stereocenters. The van der Waals surface area contributed by atoms with Crippen LogP contribution in [-0.4, -0.2) is 39.5 Å². The van der Waals surface area contributed by atoms with Crippen LogP contribution >= 0.6 is 0 Å². The number of nitro benzene ring substituents is 2. The third-order valence-electron chi connectivity index (χ3n) is 4.71. The van der Waals surface area contributed by atoms with Crippen molar-refractivity contribution in [3.05, 3.63) is 79.9 Å². The third kappa shape index (κ3) is 6.89. The molecule has 32 heavy (non-hydrogen) atoms. The molecule has 1 saturated heterocycles. The van der Waals surface area contributed by atoms with Gasteiger partial charge >= 0.3 is 0 Å². The number of benzene rings is 2. The zero-order valence-corrected chi connectivity index (χ0v) is 17.6. The van der Waals surface area contributed by atoms with E-state index in [9.17, 15) is 29.8 Å². The molecule has 1 atom stereocenters. The number of ketones is 1. The van der Waals surface area contributed by atoms with E-state index in [2.05, 4.69) is 0 Å². The maximum Gasteiger partial charge on any atom is 0.277 e. The maximum atomic E-state index is 12.7. The summed E-state index contributed by atoms with van der Waals surface area (Å²) in [6, 6.07) is 11.8. The SMILES string of the molecule is CC.FF.O=C(C[C@@H]1CCN(C(=O)c2cc([N+](=O)[O-])cc([N+](=O)[O-])c2)C1)c1ccccc1. The van der Waals surface area contributed by atoms with Crippen molar-refractivity contribution in [2.24, 2.45) is 5.92 Å². The van der Waals surface area contributed by atoms with Crippen LogP contribution < -0.4 is 0 Å². The lowest BCUT2D eigenvalue weighted by molar-refractivity contribution is -0.394. The summed E-state index contributed by atoms with van der Waals surface area (Å²) in [5.74, 6) is -0.544. The average molecular weight is 451 g/mol. The Morgan fingerprint density at radius 2 is 1.50 bits per heavy atom. The number of carbonyl (C=O) groups is 2. The van der Waals surface area contributed by atoms with Crippen LogP contribution in [0.2, 0.25) is 0 Å². The molecule has 1 aliphatic heterocycles. The van der Waals surface area contributed by atoms with E-state index in [1.807, 2.05) is 19.9 Å². The fraction of sp³-hybridized carbons (Fsp3) is 0.333. The fourth-order valence-corrected chi connectivity index (χ4v) is 3.30. The van der Waals surface area contributed by atoms with Gasteiger partial charge in [-0.05, 0) is 12.3 Å². The van der Waals surface area contributed by atoms with Crippen molar-refractivity contribution in [3.8, 4) is 0 Å². The highest BCUT2D eigenvalue weighted by Gasteiger charge is 2.30. The van der Waals surface area contributed by atoms with Gasteiger partial charge in [0.15, 0.2) is 5.78 Å². The normalized spacial score (nSPS) is 14.4. The zero-order chi connectivity index (χ0) is 24.3. The van der Waals surface area contributed by atoms with Gasteiger partial charge in [0.2, 0.25) is 0 Å². The Balaban J connectivity index is 0.00000121. The quantitative estimate of drug-likeness (QED) is 0.342. The van der Waals surface area contributed by atoms with Gasteiger partial charge in [-0.3, -0.25) is 29.8 Å². The molecule has 0 aliphatic carbocycles. The number of carbonyl (C=O) groups excluding carboxylic acids is 2. The van der Waals surface area contributed by atoms with E-state index in [1.165, 1.54) is 4.90 Å². The molecule has 11 heteroatoms. The maximum absolute atomic E-state index is 12.7. The molecule has 1 amide bonds. The summed E-state index contributed by atoms with van der Waals surface area (Å²) in [5.41, 5.74) is -0.502. The number of nitro groups is 2. The third-order valence-corrected chi connectivity index (χ3v) is 4.71. The van der Waals surface area contributed by atoms with Crippen LogP contribution in [0.25, 0.3) is 0 Å². The molecule has 1 heterocycles. The molecule has 0 saturated carbocycles. The number of rotatable bonds is 6. The van der Waals surface area contributed by atoms with E-state index in [1.54, 1.807) is 24.3 Å². The highest BCUT2D eigenvalue weighted by Crippen LogP contribution is 2.27. The lowest BCUT2D eigenvalue weighted by Crippen LogP contribution is -2.29. The van der Waals surface area contributed by atoms with Crippen LogP contribution in [0.4, 0.5) is 20.5 Å². The number of nitrogens with zero attached hydrogens (tertiary/aromatic N) is 3. The molecule has 9 nitrogen and oxygen atoms in total. The second-order valence-corrected chi connectivity index (χ2v) is 6.65. The second-order valence-electron chi connectivity index (χ2n) is 6.65. The van der Waals surface area contributed by atoms with Crippen LogP contribution in [-0.2, 0) is 0 Å². The first-order valence-corrected chi connectivity index (χ1v) is 9.81. The van der Waals surface area contributed by atoms with Gasteiger partial charge in [-0.1, -0.05) is 44.2 Å². The van der Waals surface area contributed by atoms with Gasteiger partial charge in [0, 0.05) is 46.4 Å². The number of likely N-dealkylation sites (tertiary alicyclic amines) is 1. The number of Topliss-reactive ketones (excluding diaryl/α,β-unsaturated/α-hetero) is 1. The lowest BCUT2D eigenvalue weighted by Gasteiger charge is -2.16. The summed E-state index contributed by atoms with van der Waals surface area (Å²) in [7, 11) is 0. The number of halogens is 2. The highest BCUT2D eigenvalue weighted by molar-refractivity contribution is 5.97. The first-order chi connectivity index (χ1) is 15.3. The highest BCUT2D eigenvalue weighted by atomic mass is 20.0. The Kier molecular flexibility index (Phi) is 10.5. The Morgan fingerprint density at radius 3 is 2.00 bits per heavy atom. The minimum atomic E-state index is -0.769. The standard InChI is InChI=1S/C19H17N3O6.C2H6.F2/c23-18(14-4-2-1-3-5-14)8-13-6-7-20(12-13)19(24)15-9-16(21(25)26)11-17(10-15)22(27)28;2*1-2/h1-5,9-11,13H,6-8,12H2;1-2H3;/t13-;;/m0../s1. The first kappa shape index (κ1) is 26.3. The molecule has 0 spiro atoms. The number of non-ortho nitro benzene ring substituents is 2. The summed E-state index contributed by atoms with van der Waals surface area (Å²) < 4.78 is 16.0. The molecule has 0 radical (unpaired) electrons. The summed E-state index contributed by atoms with van der Waals surface area (Å²) in [6.45, 7) is 4.72. The Bertz CT molecular complexity index is 924. The fourth-order valence-electron chi connectivity index (χ4n) is 3.30. The van der Waals surface area contributed by atoms with E-state index < -0.39 is 27.1 Å². The second kappa shape index (κ2) is 12.8. The monoisotopic (exact) mass is 451 g/mol. The van der Waals surface area contributed by atoms with Gasteiger partial charge < -0.3 is 4.90 Å². The lowest BCUT2D eigenvalue weighted by atomic mass is 9.98. The predicted molar refractivity (Wildman–Crippen MR) is 113 cm³/mol. The van der Waals surface area contributed by atoms with Crippen molar-refractivity contribution in [2.45, 2.75) is 26.7 Å². The Labute approximate surface area is 182 Å². The van der Waals surface area contributed by atoms with Crippen LogP contribution in [0, 0.1) is 26.1 Å². The van der Waals surface area contributed by atoms with Gasteiger partial charge in [0.05, 0.1) is 21.5 Å². The molecule has 0 N–H and O–H groups in total. The number of hydrogen-bond acceptors (Lipinski definition) is 6. The molecule has 2 aromatic carbocycles. The van der Waals surface area contributed by atoms with Crippen LogP contribution in [0.15, 0.2) is 48.5 Å². The van der Waals surface area contributed by atoms with E-state index in [0.717, 1.165) is 18.2 Å². The minimum absolute atomic E-state index is 0.00844. The number of hydrogen-bond donors (Lipinski definition) is 0. The molecule has 1 fully saturated rings. The zero-order valence-electron chi connectivity index (χ0n) is 17.6. The molecular weight excluding hydrogens is 428 g/mol. The Morgan fingerprint density at radius 1 is 0.969 bits per heavy atom. The van der Waals surface area contributed by atoms with Crippen molar-refractivity contribution in [2.75, 3.05) is 13.1 Å². The van der Waals surface area contributed by atoms with Crippen LogP contribution in [0.5, 0.6) is 0 Å². The van der Waals surface area contributed by atoms with Gasteiger partial charge in [-0.15, -0.1) is 0 Å². The van der Waals surface area contributed by atoms with Gasteiger partial charge in [-0.25, -0.2) is 0 Å². The van der Waals surface area contributed by atoms with E-state index in [0.29, 0.717) is 31.5 Å². The van der Waals surface area contributed by atoms with Crippen LogP contribution in [0.1, 0.15) is 47.4 Å². The van der Waals surface area contributed by atoms with Gasteiger partial charge in [0.1, 0.15) is 0 Å². The average Bonchev–Trinajstić information content (AvgIpc) is 3.29. The van der Waals surface area contributed by atoms with Gasteiger partial charge in [0.25, 0.3) is 17.3 Å². The smallest absolute Gasteiger partial charge is 0.277 e. The molecule has 2 aromatic rings. The molecule has 0 bridgehead atoms.